The van der Waals surface area contributed by atoms with Crippen molar-refractivity contribution in [1.82, 2.24) is 0 Å². The molecule has 0 radical (unpaired) electrons. The first-order chi connectivity index (χ1) is 12.9. The van der Waals surface area contributed by atoms with Gasteiger partial charge in [0.05, 0.1) is 18.5 Å². The van der Waals surface area contributed by atoms with Gasteiger partial charge in [-0.2, -0.15) is 0 Å². The molecular formula is C20H23FN2O4S. The van der Waals surface area contributed by atoms with Gasteiger partial charge in [0.1, 0.15) is 11.6 Å². The van der Waals surface area contributed by atoms with Crippen LogP contribution in [0.2, 0.25) is 0 Å². The van der Waals surface area contributed by atoms with Gasteiger partial charge >= 0.3 is 0 Å². The van der Waals surface area contributed by atoms with Gasteiger partial charge in [0, 0.05) is 5.69 Å². The normalized spacial score (nSPS) is 16.9. The Morgan fingerprint density at radius 2 is 1.93 bits per heavy atom. The summed E-state index contributed by atoms with van der Waals surface area (Å²) in [7, 11) is -3.63. The van der Waals surface area contributed by atoms with Crippen molar-refractivity contribution in [1.29, 1.82) is 0 Å². The maximum atomic E-state index is 13.3. The molecule has 6 nitrogen and oxygen atoms in total. The van der Waals surface area contributed by atoms with Gasteiger partial charge in [-0.15, -0.1) is 0 Å². The summed E-state index contributed by atoms with van der Waals surface area (Å²) in [6, 6.07) is 10.8. The number of ether oxygens (including phenoxy) is 1. The maximum Gasteiger partial charge on any atom is 0.267 e. The molecule has 2 aromatic rings. The molecule has 0 aliphatic carbocycles. The zero-order valence-corrected chi connectivity index (χ0v) is 17.0. The van der Waals surface area contributed by atoms with Crippen LogP contribution in [0.1, 0.15) is 26.3 Å². The van der Waals surface area contributed by atoms with E-state index < -0.39 is 27.9 Å². The fraction of sp³-hybridized carbons (Fsp3) is 0.350. The smallest absolute Gasteiger partial charge is 0.267 e. The third-order valence-electron chi connectivity index (χ3n) is 4.48. The molecule has 2 aromatic carbocycles. The number of nitrogens with one attached hydrogen (secondary N) is 1. The Hall–Kier alpha value is -2.61. The molecule has 0 bridgehead atoms. The molecule has 1 aliphatic rings. The lowest BCUT2D eigenvalue weighted by molar-refractivity contribution is -0.122. The van der Waals surface area contributed by atoms with Crippen molar-refractivity contribution in [3.05, 3.63) is 53.8 Å². The summed E-state index contributed by atoms with van der Waals surface area (Å²) in [5.41, 5.74) is 1.45. The van der Waals surface area contributed by atoms with E-state index in [-0.39, 0.29) is 17.6 Å². The molecule has 1 atom stereocenters. The number of anilines is 2. The molecule has 8 heteroatoms. The van der Waals surface area contributed by atoms with Gasteiger partial charge in [0.15, 0.2) is 6.10 Å². The van der Waals surface area contributed by atoms with Crippen LogP contribution in [0.4, 0.5) is 15.8 Å². The standard InChI is InChI=1S/C20H23FN2O4S/c1-20(2,3)13-8-9-17-16(10-13)23(28(4,25)26)12-18(27-17)19(24)22-15-7-5-6-14(21)11-15/h5-11,18H,12H2,1-4H3,(H,22,24). The molecule has 0 saturated heterocycles. The van der Waals surface area contributed by atoms with Crippen molar-refractivity contribution in [2.24, 2.45) is 0 Å². The number of halogens is 1. The number of hydrogen-bond acceptors (Lipinski definition) is 4. The molecule has 1 unspecified atom stereocenters. The van der Waals surface area contributed by atoms with Crippen LogP contribution in [0, 0.1) is 5.82 Å². The van der Waals surface area contributed by atoms with E-state index in [1.165, 1.54) is 22.5 Å². The predicted octanol–water partition coefficient (Wildman–Crippen LogP) is 3.29. The first-order valence-corrected chi connectivity index (χ1v) is 10.7. The summed E-state index contributed by atoms with van der Waals surface area (Å²) < 4.78 is 45.0. The highest BCUT2D eigenvalue weighted by Gasteiger charge is 2.35. The SMILES string of the molecule is CC(C)(C)c1ccc2c(c1)N(S(C)(=O)=O)CC(C(=O)Nc1cccc(F)c1)O2. The molecule has 0 saturated carbocycles. The number of benzene rings is 2. The fourth-order valence-corrected chi connectivity index (χ4v) is 3.86. The Bertz CT molecular complexity index is 1020. The number of carbonyl (C=O) groups excluding carboxylic acids is 1. The monoisotopic (exact) mass is 406 g/mol. The predicted molar refractivity (Wildman–Crippen MR) is 107 cm³/mol. The van der Waals surface area contributed by atoms with E-state index in [0.29, 0.717) is 11.4 Å². The molecule has 3 rings (SSSR count). The second kappa shape index (κ2) is 7.09. The lowest BCUT2D eigenvalue weighted by Gasteiger charge is -2.35. The first kappa shape index (κ1) is 20.1. The fourth-order valence-electron chi connectivity index (χ4n) is 2.96. The largest absolute Gasteiger partial charge is 0.476 e. The van der Waals surface area contributed by atoms with Crippen LogP contribution in [0.3, 0.4) is 0 Å². The van der Waals surface area contributed by atoms with Gasteiger partial charge in [0.25, 0.3) is 5.91 Å². The van der Waals surface area contributed by atoms with E-state index in [4.69, 9.17) is 4.74 Å². The molecule has 1 N–H and O–H groups in total. The zero-order chi connectivity index (χ0) is 20.7. The summed E-state index contributed by atoms with van der Waals surface area (Å²) in [5, 5.41) is 2.57. The van der Waals surface area contributed by atoms with E-state index in [1.807, 2.05) is 26.8 Å². The molecule has 1 heterocycles. The van der Waals surface area contributed by atoms with Gasteiger partial charge < -0.3 is 10.1 Å². The van der Waals surface area contributed by atoms with Crippen LogP contribution in [-0.4, -0.2) is 33.2 Å². The highest BCUT2D eigenvalue weighted by atomic mass is 32.2. The van der Waals surface area contributed by atoms with Gasteiger partial charge in [-0.3, -0.25) is 9.10 Å². The summed E-state index contributed by atoms with van der Waals surface area (Å²) >= 11 is 0. The third kappa shape index (κ3) is 4.27. The number of rotatable bonds is 3. The lowest BCUT2D eigenvalue weighted by atomic mass is 9.86. The number of hydrogen-bond donors (Lipinski definition) is 1. The minimum atomic E-state index is -3.63. The van der Waals surface area contributed by atoms with Crippen LogP contribution in [0.5, 0.6) is 5.75 Å². The highest BCUT2D eigenvalue weighted by molar-refractivity contribution is 7.92. The average Bonchev–Trinajstić information content (AvgIpc) is 2.58. The van der Waals surface area contributed by atoms with E-state index in [0.717, 1.165) is 11.8 Å². The molecule has 0 fully saturated rings. The van der Waals surface area contributed by atoms with Gasteiger partial charge in [0.2, 0.25) is 10.0 Å². The summed E-state index contributed by atoms with van der Waals surface area (Å²) in [5.74, 6) is -0.728. The van der Waals surface area contributed by atoms with E-state index in [2.05, 4.69) is 5.32 Å². The Labute approximate surface area is 164 Å². The van der Waals surface area contributed by atoms with Crippen molar-refractivity contribution in [2.75, 3.05) is 22.4 Å². The molecule has 0 aromatic heterocycles. The molecule has 1 aliphatic heterocycles. The highest BCUT2D eigenvalue weighted by Crippen LogP contribution is 2.38. The van der Waals surface area contributed by atoms with Crippen LogP contribution >= 0.6 is 0 Å². The zero-order valence-electron chi connectivity index (χ0n) is 16.2. The topological polar surface area (TPSA) is 75.7 Å². The van der Waals surface area contributed by atoms with Gasteiger partial charge in [-0.05, 0) is 41.3 Å². The van der Waals surface area contributed by atoms with Gasteiger partial charge in [-0.25, -0.2) is 12.8 Å². The molecule has 0 spiro atoms. The second-order valence-corrected chi connectivity index (χ2v) is 9.74. The number of nitrogens with zero attached hydrogens (tertiary/aromatic N) is 1. The Morgan fingerprint density at radius 1 is 1.21 bits per heavy atom. The van der Waals surface area contributed by atoms with Crippen LogP contribution in [-0.2, 0) is 20.2 Å². The summed E-state index contributed by atoms with van der Waals surface area (Å²) in [4.78, 5) is 12.6. The summed E-state index contributed by atoms with van der Waals surface area (Å²) in [6.45, 7) is 5.91. The molecular weight excluding hydrogens is 383 g/mol. The van der Waals surface area contributed by atoms with Crippen molar-refractivity contribution in [3.63, 3.8) is 0 Å². The quantitative estimate of drug-likeness (QED) is 0.849. The molecule has 28 heavy (non-hydrogen) atoms. The lowest BCUT2D eigenvalue weighted by Crippen LogP contribution is -2.48. The third-order valence-corrected chi connectivity index (χ3v) is 5.63. The second-order valence-electron chi connectivity index (χ2n) is 7.83. The Morgan fingerprint density at radius 3 is 2.54 bits per heavy atom. The van der Waals surface area contributed by atoms with Crippen molar-refractivity contribution in [2.45, 2.75) is 32.3 Å². The van der Waals surface area contributed by atoms with E-state index in [9.17, 15) is 17.6 Å². The van der Waals surface area contributed by atoms with Crippen molar-refractivity contribution in [3.8, 4) is 5.75 Å². The van der Waals surface area contributed by atoms with E-state index in [1.54, 1.807) is 18.2 Å². The number of sulfonamides is 1. The molecule has 1 amide bonds. The number of carbonyl (C=O) groups is 1. The average molecular weight is 406 g/mol. The maximum absolute atomic E-state index is 13.3. The van der Waals surface area contributed by atoms with Crippen LogP contribution in [0.15, 0.2) is 42.5 Å². The minimum absolute atomic E-state index is 0.166. The summed E-state index contributed by atoms with van der Waals surface area (Å²) in [6.07, 6.45) is 0.0268. The van der Waals surface area contributed by atoms with Crippen LogP contribution < -0.4 is 14.4 Å². The Kier molecular flexibility index (Phi) is 5.10. The van der Waals surface area contributed by atoms with Crippen molar-refractivity contribution >= 4 is 27.3 Å². The molecule has 150 valence electrons. The van der Waals surface area contributed by atoms with Gasteiger partial charge in [-0.1, -0.05) is 32.9 Å². The number of fused-ring (bicyclic) bond motifs is 1. The number of amides is 1. The first-order valence-electron chi connectivity index (χ1n) is 8.80. The minimum Gasteiger partial charge on any atom is -0.476 e. The van der Waals surface area contributed by atoms with E-state index >= 15 is 0 Å². The van der Waals surface area contributed by atoms with Crippen molar-refractivity contribution < 1.29 is 22.3 Å². The Balaban J connectivity index is 1.93. The van der Waals surface area contributed by atoms with Crippen LogP contribution in [0.25, 0.3) is 0 Å².